The van der Waals surface area contributed by atoms with Gasteiger partial charge in [0.05, 0.1) is 24.1 Å². The van der Waals surface area contributed by atoms with Gasteiger partial charge in [-0.25, -0.2) is 9.97 Å². The summed E-state index contributed by atoms with van der Waals surface area (Å²) in [5, 5.41) is 11.5. The van der Waals surface area contributed by atoms with Crippen LogP contribution in [0.15, 0.2) is 36.7 Å². The number of imidazole rings is 1. The van der Waals surface area contributed by atoms with Crippen LogP contribution in [0, 0.1) is 12.8 Å². The number of nitrogens with one attached hydrogen (secondary N) is 1. The first-order valence-corrected chi connectivity index (χ1v) is 13.1. The lowest BCUT2D eigenvalue weighted by atomic mass is 10.0. The molecule has 5 heterocycles. The number of benzene rings is 1. The average Bonchev–Trinajstić information content (AvgIpc) is 3.33. The van der Waals surface area contributed by atoms with Crippen molar-refractivity contribution in [2.45, 2.75) is 58.3 Å². The smallest absolute Gasteiger partial charge is 0.241 e. The van der Waals surface area contributed by atoms with Gasteiger partial charge in [0.15, 0.2) is 5.82 Å². The zero-order valence-corrected chi connectivity index (χ0v) is 21.1. The molecule has 190 valence electrons. The number of anilines is 1. The Labute approximate surface area is 214 Å². The second kappa shape index (κ2) is 8.57. The molecule has 7 rings (SSSR count). The van der Waals surface area contributed by atoms with Crippen molar-refractivity contribution in [1.29, 1.82) is 0 Å². The first kappa shape index (κ1) is 22.3. The number of aromatic nitrogens is 6. The summed E-state index contributed by atoms with van der Waals surface area (Å²) in [5.41, 5.74) is 4.82. The fourth-order valence-electron chi connectivity index (χ4n) is 5.48. The van der Waals surface area contributed by atoms with E-state index in [1.807, 2.05) is 26.2 Å². The van der Waals surface area contributed by atoms with Crippen molar-refractivity contribution in [3.8, 4) is 17.1 Å². The van der Waals surface area contributed by atoms with Gasteiger partial charge in [0, 0.05) is 49.3 Å². The SMILES string of the molecule is Cc1nnc2n1CCN(c1ccc(-c3cc4ncn(C5CC5)c4c(O[C@H](C)[C@H]4CNC(=O)C4)n3)cc1)C2. The van der Waals surface area contributed by atoms with E-state index in [0.717, 1.165) is 72.1 Å². The Balaban J connectivity index is 1.19. The van der Waals surface area contributed by atoms with Gasteiger partial charge < -0.3 is 24.1 Å². The Morgan fingerprint density at radius 3 is 2.73 bits per heavy atom. The van der Waals surface area contributed by atoms with Gasteiger partial charge in [-0.1, -0.05) is 12.1 Å². The second-order valence-electron chi connectivity index (χ2n) is 10.4. The van der Waals surface area contributed by atoms with Crippen LogP contribution < -0.4 is 15.0 Å². The minimum Gasteiger partial charge on any atom is -0.473 e. The topological polar surface area (TPSA) is 103 Å². The van der Waals surface area contributed by atoms with Gasteiger partial charge in [-0.05, 0) is 44.9 Å². The summed E-state index contributed by atoms with van der Waals surface area (Å²) in [6.45, 7) is 7.22. The molecule has 3 aliphatic rings. The molecular weight excluding hydrogens is 468 g/mol. The molecule has 0 radical (unpaired) electrons. The van der Waals surface area contributed by atoms with Gasteiger partial charge in [-0.2, -0.15) is 0 Å². The minimum absolute atomic E-state index is 0.0829. The Morgan fingerprint density at radius 2 is 1.97 bits per heavy atom. The lowest BCUT2D eigenvalue weighted by molar-refractivity contribution is -0.119. The van der Waals surface area contributed by atoms with Gasteiger partial charge >= 0.3 is 0 Å². The maximum atomic E-state index is 11.8. The van der Waals surface area contributed by atoms with Gasteiger partial charge in [-0.15, -0.1) is 10.2 Å². The van der Waals surface area contributed by atoms with Crippen LogP contribution in [0.2, 0.25) is 0 Å². The van der Waals surface area contributed by atoms with Crippen molar-refractivity contribution < 1.29 is 9.53 Å². The van der Waals surface area contributed by atoms with E-state index in [1.54, 1.807) is 0 Å². The molecule has 1 saturated carbocycles. The van der Waals surface area contributed by atoms with Gasteiger partial charge in [-0.3, -0.25) is 4.79 Å². The first-order valence-electron chi connectivity index (χ1n) is 13.1. The number of carbonyl (C=O) groups is 1. The summed E-state index contributed by atoms with van der Waals surface area (Å²) in [6.07, 6.45) is 4.55. The molecule has 2 aliphatic heterocycles. The maximum Gasteiger partial charge on any atom is 0.241 e. The predicted octanol–water partition coefficient (Wildman–Crippen LogP) is 3.26. The Kier molecular flexibility index (Phi) is 5.16. The average molecular weight is 499 g/mol. The van der Waals surface area contributed by atoms with Crippen LogP contribution in [0.3, 0.4) is 0 Å². The highest BCUT2D eigenvalue weighted by atomic mass is 16.5. The number of amides is 1. The summed E-state index contributed by atoms with van der Waals surface area (Å²) in [4.78, 5) is 23.8. The first-order chi connectivity index (χ1) is 18.0. The molecular formula is C27H30N8O2. The molecule has 4 aromatic rings. The van der Waals surface area contributed by atoms with E-state index in [1.165, 1.54) is 0 Å². The summed E-state index contributed by atoms with van der Waals surface area (Å²) in [5.74, 6) is 2.78. The lowest BCUT2D eigenvalue weighted by Gasteiger charge is -2.29. The van der Waals surface area contributed by atoms with Crippen LogP contribution in [0.5, 0.6) is 5.88 Å². The highest BCUT2D eigenvalue weighted by Crippen LogP contribution is 2.40. The number of nitrogens with zero attached hydrogens (tertiary/aromatic N) is 7. The number of hydrogen-bond donors (Lipinski definition) is 1. The van der Waals surface area contributed by atoms with Crippen LogP contribution in [0.4, 0.5) is 5.69 Å². The number of rotatable bonds is 6. The Bertz CT molecular complexity index is 1490. The van der Waals surface area contributed by atoms with Gasteiger partial charge in [0.2, 0.25) is 11.8 Å². The van der Waals surface area contributed by atoms with Crippen LogP contribution in [0.25, 0.3) is 22.3 Å². The molecule has 0 bridgehead atoms. The highest BCUT2D eigenvalue weighted by Gasteiger charge is 2.31. The summed E-state index contributed by atoms with van der Waals surface area (Å²) in [6, 6.07) is 11.0. The summed E-state index contributed by atoms with van der Waals surface area (Å²) in [7, 11) is 0. The number of carbonyl (C=O) groups excluding carboxylic acids is 1. The standard InChI is InChI=1S/C27H30N8O2/c1-16(19-11-25(36)28-13-19)37-27-26-23(29-15-35(26)21-7-8-21)12-22(30-27)18-3-5-20(6-4-18)33-9-10-34-17(2)31-32-24(34)14-33/h3-6,12,15-16,19,21H,7-11,13-14H2,1-2H3,(H,28,36)/t16-,19-/m1/s1. The van der Waals surface area contributed by atoms with E-state index in [4.69, 9.17) is 14.7 Å². The normalized spacial score (nSPS) is 20.2. The van der Waals surface area contributed by atoms with Crippen molar-refractivity contribution in [1.82, 2.24) is 34.6 Å². The lowest BCUT2D eigenvalue weighted by Crippen LogP contribution is -2.34. The molecule has 0 unspecified atom stereocenters. The minimum atomic E-state index is -0.139. The molecule has 1 saturated heterocycles. The molecule has 3 aromatic heterocycles. The van der Waals surface area contributed by atoms with Crippen LogP contribution in [0.1, 0.15) is 43.9 Å². The van der Waals surface area contributed by atoms with Crippen molar-refractivity contribution >= 4 is 22.6 Å². The van der Waals surface area contributed by atoms with Crippen LogP contribution in [-0.2, 0) is 17.9 Å². The summed E-state index contributed by atoms with van der Waals surface area (Å²) < 4.78 is 10.9. The highest BCUT2D eigenvalue weighted by molar-refractivity contribution is 5.85. The second-order valence-corrected chi connectivity index (χ2v) is 10.4. The third kappa shape index (κ3) is 4.00. The van der Waals surface area contributed by atoms with E-state index in [-0.39, 0.29) is 17.9 Å². The number of aryl methyl sites for hydroxylation is 1. The Hall–Kier alpha value is -3.95. The largest absolute Gasteiger partial charge is 0.473 e. The number of hydrogen-bond acceptors (Lipinski definition) is 7. The molecule has 1 N–H and O–H groups in total. The monoisotopic (exact) mass is 498 g/mol. The number of fused-ring (bicyclic) bond motifs is 2. The molecule has 37 heavy (non-hydrogen) atoms. The van der Waals surface area contributed by atoms with E-state index in [9.17, 15) is 4.79 Å². The molecule has 1 amide bonds. The van der Waals surface area contributed by atoms with E-state index in [0.29, 0.717) is 24.9 Å². The van der Waals surface area contributed by atoms with Crippen molar-refractivity contribution in [3.63, 3.8) is 0 Å². The van der Waals surface area contributed by atoms with E-state index >= 15 is 0 Å². The quantitative estimate of drug-likeness (QED) is 0.435. The number of ether oxygens (including phenoxy) is 1. The zero-order chi connectivity index (χ0) is 25.1. The van der Waals surface area contributed by atoms with E-state index in [2.05, 4.69) is 53.8 Å². The fourth-order valence-corrected chi connectivity index (χ4v) is 5.48. The third-order valence-electron chi connectivity index (χ3n) is 7.90. The fraction of sp³-hybridized carbons (Fsp3) is 0.444. The molecule has 10 nitrogen and oxygen atoms in total. The van der Waals surface area contributed by atoms with Crippen LogP contribution in [-0.4, -0.2) is 54.4 Å². The predicted molar refractivity (Wildman–Crippen MR) is 138 cm³/mol. The van der Waals surface area contributed by atoms with E-state index < -0.39 is 0 Å². The molecule has 0 spiro atoms. The van der Waals surface area contributed by atoms with Crippen LogP contribution >= 0.6 is 0 Å². The van der Waals surface area contributed by atoms with Crippen molar-refractivity contribution in [2.75, 3.05) is 18.0 Å². The molecule has 1 aliphatic carbocycles. The molecule has 10 heteroatoms. The molecule has 2 fully saturated rings. The zero-order valence-electron chi connectivity index (χ0n) is 21.1. The molecule has 2 atom stereocenters. The maximum absolute atomic E-state index is 11.8. The number of pyridine rings is 1. The van der Waals surface area contributed by atoms with Crippen molar-refractivity contribution in [3.05, 3.63) is 48.3 Å². The Morgan fingerprint density at radius 1 is 1.14 bits per heavy atom. The van der Waals surface area contributed by atoms with Gasteiger partial charge in [0.1, 0.15) is 17.4 Å². The van der Waals surface area contributed by atoms with Crippen molar-refractivity contribution in [2.24, 2.45) is 5.92 Å². The molecule has 1 aromatic carbocycles. The van der Waals surface area contributed by atoms with Gasteiger partial charge in [0.25, 0.3) is 0 Å². The summed E-state index contributed by atoms with van der Waals surface area (Å²) >= 11 is 0. The third-order valence-corrected chi connectivity index (χ3v) is 7.90.